The molecule has 4 heterocycles. The van der Waals surface area contributed by atoms with Crippen LogP contribution < -0.4 is 0 Å². The van der Waals surface area contributed by atoms with Crippen LogP contribution in [0.4, 0.5) is 10.1 Å². The third-order valence-corrected chi connectivity index (χ3v) is 16.4. The van der Waals surface area contributed by atoms with Crippen LogP contribution in [0.25, 0.3) is 0 Å². The summed E-state index contributed by atoms with van der Waals surface area (Å²) in [5.41, 5.74) is -2.87. The van der Waals surface area contributed by atoms with E-state index in [0.29, 0.717) is 43.0 Å². The number of cyclic esters (lactones) is 1. The molecule has 3 fully saturated rings. The van der Waals surface area contributed by atoms with Gasteiger partial charge in [0, 0.05) is 82.8 Å². The van der Waals surface area contributed by atoms with Crippen molar-refractivity contribution >= 4 is 17.4 Å². The number of oxime groups is 1. The molecule has 23 nitrogen and oxygen atoms in total. The number of nitro benzene ring substituents is 1. The van der Waals surface area contributed by atoms with E-state index in [1.54, 1.807) is 60.1 Å². The minimum atomic E-state index is -2.00. The number of aliphatic hydroxyl groups excluding tert-OH is 3. The second-order valence-electron chi connectivity index (χ2n) is 22.3. The van der Waals surface area contributed by atoms with Crippen molar-refractivity contribution in [3.8, 4) is 0 Å². The number of alkyl halides is 1. The second kappa shape index (κ2) is 28.7. The zero-order chi connectivity index (χ0) is 57.9. The van der Waals surface area contributed by atoms with Gasteiger partial charge in [0.2, 0.25) is 6.79 Å². The maximum Gasteiger partial charge on any atom is 0.311 e. The zero-order valence-electron chi connectivity index (χ0n) is 48.1. The van der Waals surface area contributed by atoms with Gasteiger partial charge in [-0.2, -0.15) is 0 Å². The summed E-state index contributed by atoms with van der Waals surface area (Å²) >= 11 is 0. The highest BCUT2D eigenvalue weighted by Gasteiger charge is 2.54. The monoisotopic (exact) mass is 1110 g/mol. The van der Waals surface area contributed by atoms with Crippen molar-refractivity contribution in [2.24, 2.45) is 28.8 Å². The summed E-state index contributed by atoms with van der Waals surface area (Å²) in [6.45, 7) is 17.3. The first-order valence-electron chi connectivity index (χ1n) is 27.1. The van der Waals surface area contributed by atoms with Crippen molar-refractivity contribution in [1.82, 2.24) is 19.9 Å². The van der Waals surface area contributed by atoms with Crippen LogP contribution in [0.2, 0.25) is 0 Å². The van der Waals surface area contributed by atoms with Gasteiger partial charge >= 0.3 is 5.97 Å². The number of hydrogen-bond acceptors (Lipinski definition) is 21. The third-order valence-electron chi connectivity index (χ3n) is 16.4. The van der Waals surface area contributed by atoms with Crippen LogP contribution >= 0.6 is 0 Å². The van der Waals surface area contributed by atoms with Gasteiger partial charge in [-0.3, -0.25) is 14.9 Å². The van der Waals surface area contributed by atoms with Crippen molar-refractivity contribution in [2.75, 3.05) is 61.6 Å². The molecular weight excluding hydrogens is 1020 g/mol. The van der Waals surface area contributed by atoms with Gasteiger partial charge in [0.05, 0.1) is 83.2 Å². The van der Waals surface area contributed by atoms with E-state index >= 15 is 0 Å². The summed E-state index contributed by atoms with van der Waals surface area (Å²) in [7, 11) is 6.43. The smallest absolute Gasteiger partial charge is 0.311 e. The number of nitro groups is 1. The molecule has 78 heavy (non-hydrogen) atoms. The first-order chi connectivity index (χ1) is 36.8. The van der Waals surface area contributed by atoms with Gasteiger partial charge in [0.25, 0.3) is 5.69 Å². The zero-order valence-corrected chi connectivity index (χ0v) is 48.1. The molecule has 5 rings (SSSR count). The molecule has 0 bridgehead atoms. The number of carbonyl (C=O) groups excluding carboxylic acids is 1. The first-order valence-corrected chi connectivity index (χ1v) is 27.1. The second-order valence-corrected chi connectivity index (χ2v) is 22.3. The minimum Gasteiger partial charge on any atom is -0.459 e. The molecular formula is C54H89FN6O17. The van der Waals surface area contributed by atoms with Gasteiger partial charge in [-0.15, -0.1) is 5.10 Å². The Morgan fingerprint density at radius 3 is 2.26 bits per heavy atom. The number of aromatic nitrogens is 3. The van der Waals surface area contributed by atoms with Crippen LogP contribution in [-0.2, 0) is 65.1 Å². The number of esters is 1. The minimum absolute atomic E-state index is 0.0591. The topological polar surface area (TPSA) is 280 Å². The van der Waals surface area contributed by atoms with Crippen molar-refractivity contribution in [3.05, 3.63) is 51.8 Å². The average molecular weight is 1110 g/mol. The molecule has 2 aromatic rings. The number of hydrogen-bond donors (Lipinski definition) is 4. The largest absolute Gasteiger partial charge is 0.459 e. The lowest BCUT2D eigenvalue weighted by Crippen LogP contribution is -2.61. The number of carbonyl (C=O) groups is 1. The maximum atomic E-state index is 14.7. The lowest BCUT2D eigenvalue weighted by Gasteiger charge is -2.50. The summed E-state index contributed by atoms with van der Waals surface area (Å²) in [5, 5.41) is 72.1. The van der Waals surface area contributed by atoms with E-state index in [1.807, 2.05) is 39.6 Å². The van der Waals surface area contributed by atoms with E-state index in [9.17, 15) is 39.7 Å². The quantitative estimate of drug-likeness (QED) is 0.0408. The Morgan fingerprint density at radius 2 is 1.64 bits per heavy atom. The SMILES string of the molecule is CC[C@H]1OC(=O)[C@H](C)[C@@H](O[C@H]2C[C@@](C)(OC)[C@@H](O)[C@H](C)O2)[C@H](C)[C@@H](O[C@@H]2O[C@H](C)C[C@H](N(C)CCc3cn(C(CF)Cc4ccc([N+](=O)[O-])cc4)nn3)[C@H]2O)[C@](C)(OC)C[C@@H](C)/C(=N\OCOCCOC)[C@H](C)[C@@H](O)[C@]1(C)O. The van der Waals surface area contributed by atoms with Gasteiger partial charge < -0.3 is 72.8 Å². The fourth-order valence-corrected chi connectivity index (χ4v) is 11.3. The highest BCUT2D eigenvalue weighted by atomic mass is 19.1. The molecule has 3 aliphatic rings. The molecule has 1 aromatic carbocycles. The molecule has 19 atom stereocenters. The van der Waals surface area contributed by atoms with Crippen LogP contribution in [0, 0.1) is 33.8 Å². The van der Waals surface area contributed by atoms with E-state index in [1.165, 1.54) is 38.0 Å². The lowest BCUT2D eigenvalue weighted by atomic mass is 9.73. The molecule has 4 N–H and O–H groups in total. The molecule has 3 saturated heterocycles. The van der Waals surface area contributed by atoms with Gasteiger partial charge in [-0.05, 0) is 79.8 Å². The number of rotatable bonds is 22. The summed E-state index contributed by atoms with van der Waals surface area (Å²) in [6, 6.07) is 4.74. The fourth-order valence-electron chi connectivity index (χ4n) is 11.3. The Hall–Kier alpha value is -3.89. The summed E-state index contributed by atoms with van der Waals surface area (Å²) in [5.74, 6) is -4.12. The van der Waals surface area contributed by atoms with E-state index in [0.717, 1.165) is 0 Å². The number of benzene rings is 1. The van der Waals surface area contributed by atoms with Gasteiger partial charge in [0.15, 0.2) is 12.6 Å². The van der Waals surface area contributed by atoms with Crippen molar-refractivity contribution < 1.29 is 82.0 Å². The molecule has 1 unspecified atom stereocenters. The van der Waals surface area contributed by atoms with E-state index < -0.39 is 132 Å². The van der Waals surface area contributed by atoms with Crippen molar-refractivity contribution in [2.45, 2.75) is 198 Å². The molecule has 444 valence electrons. The highest BCUT2D eigenvalue weighted by Crippen LogP contribution is 2.42. The Kier molecular flexibility index (Phi) is 23.9. The van der Waals surface area contributed by atoms with E-state index in [-0.39, 0.29) is 44.8 Å². The van der Waals surface area contributed by atoms with Gasteiger partial charge in [-0.1, -0.05) is 50.2 Å². The number of ether oxygens (including phenoxy) is 9. The first kappa shape index (κ1) is 64.9. The van der Waals surface area contributed by atoms with Gasteiger partial charge in [-0.25, -0.2) is 9.07 Å². The molecule has 0 radical (unpaired) electrons. The molecule has 1 aromatic heterocycles. The number of non-ortho nitro benzene ring substituents is 1. The summed E-state index contributed by atoms with van der Waals surface area (Å²) in [6.07, 6.45) is -7.61. The molecule has 0 aliphatic carbocycles. The predicted molar refractivity (Wildman–Crippen MR) is 282 cm³/mol. The molecule has 24 heteroatoms. The van der Waals surface area contributed by atoms with Crippen LogP contribution in [0.1, 0.15) is 112 Å². The number of halogens is 1. The molecule has 0 spiro atoms. The maximum absolute atomic E-state index is 14.7. The van der Waals surface area contributed by atoms with Crippen LogP contribution in [-0.4, -0.2) is 203 Å². The highest BCUT2D eigenvalue weighted by molar-refractivity contribution is 5.88. The number of methoxy groups -OCH3 is 3. The molecule has 0 amide bonds. The fraction of sp³-hybridized carbons (Fsp3) is 0.815. The average Bonchev–Trinajstić information content (AvgIpc) is 3.93. The normalized spacial score (nSPS) is 37.5. The molecule has 3 aliphatic heterocycles. The van der Waals surface area contributed by atoms with Crippen LogP contribution in [0.15, 0.2) is 35.6 Å². The van der Waals surface area contributed by atoms with Crippen molar-refractivity contribution in [1.29, 1.82) is 0 Å². The van der Waals surface area contributed by atoms with E-state index in [4.69, 9.17) is 47.5 Å². The number of likely N-dealkylation sites (N-methyl/N-ethyl adjacent to an activating group) is 1. The Balaban J connectivity index is 1.51. The summed E-state index contributed by atoms with van der Waals surface area (Å²) < 4.78 is 71.9. The third kappa shape index (κ3) is 15.8. The Labute approximate surface area is 458 Å². The van der Waals surface area contributed by atoms with Crippen LogP contribution in [0.5, 0.6) is 0 Å². The Bertz CT molecular complexity index is 2210. The lowest BCUT2D eigenvalue weighted by molar-refractivity contribution is -0.384. The Morgan fingerprint density at radius 1 is 0.962 bits per heavy atom. The molecule has 0 saturated carbocycles. The predicted octanol–water partition coefficient (Wildman–Crippen LogP) is 4.73. The summed E-state index contributed by atoms with van der Waals surface area (Å²) in [4.78, 5) is 33.0. The van der Waals surface area contributed by atoms with E-state index in [2.05, 4.69) is 15.5 Å². The van der Waals surface area contributed by atoms with Crippen molar-refractivity contribution in [3.63, 3.8) is 0 Å². The standard InChI is InChI=1S/C54H89FN6O17/c1-15-42-54(10,66)47(63)33(4)44(57-73-30-72-23-22-69-12)31(2)26-53(9,71-14)49(34(5)46(35(6)50(65)76-42)77-43-27-52(8,70-13)48(64)36(7)75-43)78-51-45(62)41(24-32(3)74-51)59(11)21-20-38-29-60(58-56-38)40(28-55)25-37-16-18-39(19-17-37)61(67)68/h16-19,29,31-36,40-43,45-49,51,62-64,66H,15,20-28,30H2,1-14H3/b57-44+/t31-,32-,33+,34+,35-,36+,40?,41+,42-,43+,45-,46+,47-,48+,49-,51+,52-,53-,54-/m1/s1. The number of nitrogens with zero attached hydrogens (tertiary/aromatic N) is 6. The van der Waals surface area contributed by atoms with Gasteiger partial charge in [0.1, 0.15) is 30.6 Å². The van der Waals surface area contributed by atoms with Crippen LogP contribution in [0.3, 0.4) is 0 Å². The number of aliphatic hydroxyl groups is 4.